The lowest BCUT2D eigenvalue weighted by Gasteiger charge is -2.28. The minimum atomic E-state index is -0.250. The molecule has 3 rings (SSSR count). The molecule has 1 heterocycles. The van der Waals surface area contributed by atoms with Gasteiger partial charge >= 0.3 is 0 Å². The third kappa shape index (κ3) is 5.96. The van der Waals surface area contributed by atoms with Crippen LogP contribution in [-0.4, -0.2) is 34.5 Å². The average molecular weight is 426 g/mol. The van der Waals surface area contributed by atoms with E-state index < -0.39 is 0 Å². The molecule has 2 aromatic rings. The molecule has 0 aliphatic heterocycles. The Morgan fingerprint density at radius 3 is 2.39 bits per heavy atom. The molecular formula is C25H35N3O3. The molecule has 2 amide bonds. The maximum Gasteiger partial charge on any atom is 0.273 e. The number of rotatable bonds is 7. The van der Waals surface area contributed by atoms with Crippen molar-refractivity contribution >= 4 is 11.8 Å². The first-order chi connectivity index (χ1) is 14.6. The van der Waals surface area contributed by atoms with Gasteiger partial charge in [0, 0.05) is 24.2 Å². The zero-order chi connectivity index (χ0) is 22.6. The van der Waals surface area contributed by atoms with E-state index in [0.717, 1.165) is 25.7 Å². The summed E-state index contributed by atoms with van der Waals surface area (Å²) in [6.07, 6.45) is 4.22. The van der Waals surface area contributed by atoms with Crippen LogP contribution in [0.2, 0.25) is 0 Å². The van der Waals surface area contributed by atoms with Gasteiger partial charge in [-0.05, 0) is 41.9 Å². The number of hydrogen-bond donors (Lipinski definition) is 1. The van der Waals surface area contributed by atoms with Crippen LogP contribution in [0.15, 0.2) is 34.9 Å². The zero-order valence-electron chi connectivity index (χ0n) is 19.4. The maximum absolute atomic E-state index is 13.4. The Bertz CT molecular complexity index is 887. The molecule has 0 saturated heterocycles. The summed E-state index contributed by atoms with van der Waals surface area (Å²) in [4.78, 5) is 27.5. The fourth-order valence-electron chi connectivity index (χ4n) is 3.91. The molecule has 1 fully saturated rings. The standard InChI is InChI=1S/C25H35N3O3/c1-17(2)15-26-23(29)22-14-21(31-27-22)16-28(20-8-6-7-9-20)24(30)18-10-12-19(13-11-18)25(3,4)5/h10-14,17,20H,6-9,15-16H2,1-5H3,(H,26,29). The largest absolute Gasteiger partial charge is 0.359 e. The smallest absolute Gasteiger partial charge is 0.273 e. The highest BCUT2D eigenvalue weighted by Gasteiger charge is 2.29. The van der Waals surface area contributed by atoms with Crippen molar-refractivity contribution in [2.24, 2.45) is 5.92 Å². The fraction of sp³-hybridized carbons (Fsp3) is 0.560. The molecule has 6 nitrogen and oxygen atoms in total. The lowest BCUT2D eigenvalue weighted by Crippen LogP contribution is -2.38. The molecule has 0 spiro atoms. The van der Waals surface area contributed by atoms with E-state index in [0.29, 0.717) is 30.3 Å². The van der Waals surface area contributed by atoms with E-state index in [1.807, 2.05) is 43.0 Å². The molecule has 1 aromatic heterocycles. The molecule has 168 valence electrons. The Morgan fingerprint density at radius 2 is 1.81 bits per heavy atom. The second kappa shape index (κ2) is 9.67. The molecule has 6 heteroatoms. The van der Waals surface area contributed by atoms with Gasteiger partial charge in [-0.2, -0.15) is 0 Å². The van der Waals surface area contributed by atoms with E-state index in [2.05, 4.69) is 31.2 Å². The van der Waals surface area contributed by atoms with Crippen LogP contribution in [-0.2, 0) is 12.0 Å². The van der Waals surface area contributed by atoms with Gasteiger partial charge in [0.1, 0.15) is 0 Å². The van der Waals surface area contributed by atoms with Gasteiger partial charge in [-0.25, -0.2) is 0 Å². The third-order valence-electron chi connectivity index (χ3n) is 5.81. The third-order valence-corrected chi connectivity index (χ3v) is 5.81. The Labute approximate surface area is 185 Å². The maximum atomic E-state index is 13.4. The van der Waals surface area contributed by atoms with Crippen LogP contribution < -0.4 is 5.32 Å². The number of benzene rings is 1. The van der Waals surface area contributed by atoms with Crippen molar-refractivity contribution in [1.29, 1.82) is 0 Å². The van der Waals surface area contributed by atoms with Crippen molar-refractivity contribution in [2.45, 2.75) is 78.3 Å². The number of carbonyl (C=O) groups excluding carboxylic acids is 2. The Hall–Kier alpha value is -2.63. The summed E-state index contributed by atoms with van der Waals surface area (Å²) in [5.41, 5.74) is 2.17. The van der Waals surface area contributed by atoms with Crippen LogP contribution in [0.5, 0.6) is 0 Å². The van der Waals surface area contributed by atoms with Crippen LogP contribution in [0.3, 0.4) is 0 Å². The summed E-state index contributed by atoms with van der Waals surface area (Å²) in [6, 6.07) is 9.72. The number of amides is 2. The van der Waals surface area contributed by atoms with Crippen LogP contribution in [0.4, 0.5) is 0 Å². The van der Waals surface area contributed by atoms with Gasteiger partial charge < -0.3 is 14.7 Å². The van der Waals surface area contributed by atoms with Crippen molar-refractivity contribution in [3.63, 3.8) is 0 Å². The monoisotopic (exact) mass is 425 g/mol. The Morgan fingerprint density at radius 1 is 1.16 bits per heavy atom. The van der Waals surface area contributed by atoms with Gasteiger partial charge in [0.05, 0.1) is 6.54 Å². The molecule has 1 aliphatic rings. The zero-order valence-corrected chi connectivity index (χ0v) is 19.4. The topological polar surface area (TPSA) is 75.4 Å². The van der Waals surface area contributed by atoms with E-state index in [9.17, 15) is 9.59 Å². The van der Waals surface area contributed by atoms with Crippen molar-refractivity contribution in [3.8, 4) is 0 Å². The van der Waals surface area contributed by atoms with Crippen molar-refractivity contribution in [3.05, 3.63) is 52.9 Å². The van der Waals surface area contributed by atoms with Crippen molar-refractivity contribution < 1.29 is 14.1 Å². The van der Waals surface area contributed by atoms with Gasteiger partial charge in [-0.15, -0.1) is 0 Å². The predicted octanol–water partition coefficient (Wildman–Crippen LogP) is 4.94. The van der Waals surface area contributed by atoms with E-state index in [4.69, 9.17) is 4.52 Å². The van der Waals surface area contributed by atoms with Crippen molar-refractivity contribution in [1.82, 2.24) is 15.4 Å². The highest BCUT2D eigenvalue weighted by Crippen LogP contribution is 2.28. The highest BCUT2D eigenvalue weighted by atomic mass is 16.5. The van der Waals surface area contributed by atoms with Crippen LogP contribution >= 0.6 is 0 Å². The minimum Gasteiger partial charge on any atom is -0.359 e. The van der Waals surface area contributed by atoms with Gasteiger partial charge in [-0.3, -0.25) is 9.59 Å². The predicted molar refractivity (Wildman–Crippen MR) is 121 cm³/mol. The van der Waals surface area contributed by atoms with Gasteiger partial charge in [-0.1, -0.05) is 64.7 Å². The molecule has 0 radical (unpaired) electrons. The molecular weight excluding hydrogens is 390 g/mol. The normalized spacial score (nSPS) is 14.8. The first-order valence-corrected chi connectivity index (χ1v) is 11.3. The minimum absolute atomic E-state index is 0.00503. The molecule has 0 unspecified atom stereocenters. The van der Waals surface area contributed by atoms with E-state index in [1.54, 1.807) is 6.07 Å². The van der Waals surface area contributed by atoms with Crippen LogP contribution in [0, 0.1) is 5.92 Å². The Balaban J connectivity index is 1.76. The van der Waals surface area contributed by atoms with Crippen LogP contribution in [0.25, 0.3) is 0 Å². The molecule has 1 aliphatic carbocycles. The number of nitrogens with zero attached hydrogens (tertiary/aromatic N) is 2. The van der Waals surface area contributed by atoms with Crippen molar-refractivity contribution in [2.75, 3.05) is 6.54 Å². The summed E-state index contributed by atoms with van der Waals surface area (Å²) in [5.74, 6) is 0.631. The lowest BCUT2D eigenvalue weighted by molar-refractivity contribution is 0.0643. The summed E-state index contributed by atoms with van der Waals surface area (Å²) in [5, 5.41) is 6.76. The van der Waals surface area contributed by atoms with Gasteiger partial charge in [0.15, 0.2) is 11.5 Å². The number of aromatic nitrogens is 1. The van der Waals surface area contributed by atoms with E-state index >= 15 is 0 Å². The first-order valence-electron chi connectivity index (χ1n) is 11.3. The Kier molecular flexibility index (Phi) is 7.19. The molecule has 0 atom stereocenters. The molecule has 0 bridgehead atoms. The molecule has 1 N–H and O–H groups in total. The van der Waals surface area contributed by atoms with E-state index in [-0.39, 0.29) is 29.0 Å². The lowest BCUT2D eigenvalue weighted by atomic mass is 9.86. The number of hydrogen-bond acceptors (Lipinski definition) is 4. The van der Waals surface area contributed by atoms with Gasteiger partial charge in [0.2, 0.25) is 0 Å². The summed E-state index contributed by atoms with van der Waals surface area (Å²) >= 11 is 0. The van der Waals surface area contributed by atoms with Gasteiger partial charge in [0.25, 0.3) is 11.8 Å². The SMILES string of the molecule is CC(C)CNC(=O)c1cc(CN(C(=O)c2ccc(C(C)(C)C)cc2)C2CCCC2)on1. The number of nitrogens with one attached hydrogen (secondary N) is 1. The van der Waals surface area contributed by atoms with E-state index in [1.165, 1.54) is 5.56 Å². The van der Waals surface area contributed by atoms with Crippen LogP contribution in [0.1, 0.15) is 92.5 Å². The molecule has 31 heavy (non-hydrogen) atoms. The summed E-state index contributed by atoms with van der Waals surface area (Å²) in [7, 11) is 0. The second-order valence-corrected chi connectivity index (χ2v) is 9.98. The quantitative estimate of drug-likeness (QED) is 0.681. The average Bonchev–Trinajstić information content (AvgIpc) is 3.41. The summed E-state index contributed by atoms with van der Waals surface area (Å²) in [6.45, 7) is 11.4. The highest BCUT2D eigenvalue weighted by molar-refractivity contribution is 5.94. The summed E-state index contributed by atoms with van der Waals surface area (Å²) < 4.78 is 5.43. The number of carbonyl (C=O) groups is 2. The first kappa shape index (κ1) is 23.0. The fourth-order valence-corrected chi connectivity index (χ4v) is 3.91. The molecule has 1 saturated carbocycles. The second-order valence-electron chi connectivity index (χ2n) is 9.98. The molecule has 1 aromatic carbocycles.